The third-order valence-electron chi connectivity index (χ3n) is 4.12. The Kier molecular flexibility index (Phi) is 4.81. The zero-order valence-electron chi connectivity index (χ0n) is 11.5. The maximum Gasteiger partial charge on any atom is 0.0771 e. The summed E-state index contributed by atoms with van der Waals surface area (Å²) in [4.78, 5) is 4.02. The Morgan fingerprint density at radius 1 is 1.05 bits per heavy atom. The van der Waals surface area contributed by atoms with Crippen molar-refractivity contribution in [2.75, 3.05) is 19.6 Å². The first-order chi connectivity index (χ1) is 9.42. The largest absolute Gasteiger partial charge is 0.287 e. The lowest BCUT2D eigenvalue weighted by molar-refractivity contribution is 0.113. The molecule has 0 N–H and O–H groups in total. The predicted octanol–water partition coefficient (Wildman–Crippen LogP) is 3.36. The quantitative estimate of drug-likeness (QED) is 0.841. The van der Waals surface area contributed by atoms with Crippen LogP contribution in [0.25, 0.3) is 0 Å². The van der Waals surface area contributed by atoms with Crippen molar-refractivity contribution in [1.29, 1.82) is 0 Å². The maximum absolute atomic E-state index is 4.86. The Morgan fingerprint density at radius 2 is 1.84 bits per heavy atom. The van der Waals surface area contributed by atoms with E-state index in [4.69, 9.17) is 5.32 Å². The van der Waals surface area contributed by atoms with Crippen LogP contribution in [0.3, 0.4) is 0 Å². The normalized spacial score (nSPS) is 29.3. The SMILES string of the molecule is c1ccc(SC2CC[N]C(N3CCCCC3)C2)cc1. The summed E-state index contributed by atoms with van der Waals surface area (Å²) in [5.74, 6) is 0. The van der Waals surface area contributed by atoms with Gasteiger partial charge in [0.2, 0.25) is 0 Å². The topological polar surface area (TPSA) is 17.3 Å². The van der Waals surface area contributed by atoms with Crippen molar-refractivity contribution in [2.24, 2.45) is 0 Å². The van der Waals surface area contributed by atoms with Gasteiger partial charge in [-0.15, -0.1) is 11.8 Å². The summed E-state index contributed by atoms with van der Waals surface area (Å²) in [6, 6.07) is 10.8. The molecule has 2 heterocycles. The fraction of sp³-hybridized carbons (Fsp3) is 0.625. The molecule has 2 fully saturated rings. The Hall–Kier alpha value is -0.510. The summed E-state index contributed by atoms with van der Waals surface area (Å²) in [7, 11) is 0. The molecule has 2 atom stereocenters. The summed E-state index contributed by atoms with van der Waals surface area (Å²) in [6.45, 7) is 3.57. The van der Waals surface area contributed by atoms with Crippen molar-refractivity contribution in [3.63, 3.8) is 0 Å². The number of piperidine rings is 2. The molecule has 0 aliphatic carbocycles. The zero-order chi connectivity index (χ0) is 12.9. The average Bonchev–Trinajstić information content (AvgIpc) is 2.49. The summed E-state index contributed by atoms with van der Waals surface area (Å²) in [5, 5.41) is 5.60. The molecule has 0 bridgehead atoms. The molecule has 103 valence electrons. The first-order valence-corrected chi connectivity index (χ1v) is 8.42. The van der Waals surface area contributed by atoms with Crippen LogP contribution < -0.4 is 5.32 Å². The lowest BCUT2D eigenvalue weighted by Crippen LogP contribution is -2.49. The molecule has 19 heavy (non-hydrogen) atoms. The standard InChI is InChI=1S/C16H23N2S/c1-3-7-14(8-4-1)19-15-9-10-17-16(13-15)18-11-5-2-6-12-18/h1,3-4,7-8,15-16H,2,5-6,9-13H2. The summed E-state index contributed by atoms with van der Waals surface area (Å²) in [6.07, 6.45) is 7.11. The van der Waals surface area contributed by atoms with Gasteiger partial charge in [0.05, 0.1) is 6.17 Å². The van der Waals surface area contributed by atoms with E-state index in [0.717, 1.165) is 11.8 Å². The van der Waals surface area contributed by atoms with Gasteiger partial charge >= 0.3 is 0 Å². The minimum absolute atomic E-state index is 0.496. The lowest BCUT2D eigenvalue weighted by Gasteiger charge is -2.38. The van der Waals surface area contributed by atoms with Gasteiger partial charge in [0, 0.05) is 16.7 Å². The Bertz CT molecular complexity index is 376. The molecule has 3 rings (SSSR count). The first-order valence-electron chi connectivity index (χ1n) is 7.54. The molecule has 2 saturated heterocycles. The van der Waals surface area contributed by atoms with Crippen LogP contribution in [0.4, 0.5) is 0 Å². The molecular weight excluding hydrogens is 252 g/mol. The van der Waals surface area contributed by atoms with Crippen LogP contribution in [-0.4, -0.2) is 35.9 Å². The second kappa shape index (κ2) is 6.78. The van der Waals surface area contributed by atoms with Crippen LogP contribution in [0.15, 0.2) is 35.2 Å². The van der Waals surface area contributed by atoms with Crippen LogP contribution in [0.5, 0.6) is 0 Å². The molecule has 3 heteroatoms. The van der Waals surface area contributed by atoms with Gasteiger partial charge in [-0.05, 0) is 50.9 Å². The minimum Gasteiger partial charge on any atom is -0.287 e. The van der Waals surface area contributed by atoms with Crippen molar-refractivity contribution in [1.82, 2.24) is 10.2 Å². The van der Waals surface area contributed by atoms with Gasteiger partial charge in [-0.3, -0.25) is 4.90 Å². The van der Waals surface area contributed by atoms with Crippen LogP contribution in [0.1, 0.15) is 32.1 Å². The van der Waals surface area contributed by atoms with E-state index in [0.29, 0.717) is 6.17 Å². The van der Waals surface area contributed by atoms with E-state index in [-0.39, 0.29) is 0 Å². The molecule has 0 aromatic heterocycles. The summed E-state index contributed by atoms with van der Waals surface area (Å²) < 4.78 is 0. The van der Waals surface area contributed by atoms with E-state index in [1.807, 2.05) is 11.8 Å². The molecule has 1 aromatic rings. The molecule has 1 radical (unpaired) electrons. The highest BCUT2D eigenvalue weighted by molar-refractivity contribution is 8.00. The monoisotopic (exact) mass is 275 g/mol. The molecule has 0 saturated carbocycles. The highest BCUT2D eigenvalue weighted by Gasteiger charge is 2.28. The minimum atomic E-state index is 0.496. The molecule has 2 aliphatic heterocycles. The molecule has 1 aromatic carbocycles. The first kappa shape index (κ1) is 13.5. The van der Waals surface area contributed by atoms with Crippen molar-refractivity contribution in [3.05, 3.63) is 30.3 Å². The smallest absolute Gasteiger partial charge is 0.0771 e. The van der Waals surface area contributed by atoms with Crippen LogP contribution >= 0.6 is 11.8 Å². The van der Waals surface area contributed by atoms with Crippen molar-refractivity contribution >= 4 is 11.8 Å². The number of rotatable bonds is 3. The Morgan fingerprint density at radius 3 is 2.63 bits per heavy atom. The third kappa shape index (κ3) is 3.74. The molecule has 2 unspecified atom stereocenters. The average molecular weight is 275 g/mol. The summed E-state index contributed by atoms with van der Waals surface area (Å²) in [5.41, 5.74) is 0. The van der Waals surface area contributed by atoms with Gasteiger partial charge in [0.1, 0.15) is 0 Å². The lowest BCUT2D eigenvalue weighted by atomic mass is 10.1. The van der Waals surface area contributed by atoms with Gasteiger partial charge in [0.15, 0.2) is 0 Å². The van der Waals surface area contributed by atoms with Gasteiger partial charge in [-0.2, -0.15) is 0 Å². The number of thioether (sulfide) groups is 1. The Balaban J connectivity index is 1.55. The highest BCUT2D eigenvalue weighted by Crippen LogP contribution is 2.31. The van der Waals surface area contributed by atoms with E-state index in [2.05, 4.69) is 35.2 Å². The van der Waals surface area contributed by atoms with E-state index in [1.54, 1.807) is 0 Å². The van der Waals surface area contributed by atoms with Gasteiger partial charge in [-0.1, -0.05) is 24.6 Å². The summed E-state index contributed by atoms with van der Waals surface area (Å²) >= 11 is 2.05. The fourth-order valence-electron chi connectivity index (χ4n) is 3.07. The van der Waals surface area contributed by atoms with Crippen LogP contribution in [-0.2, 0) is 0 Å². The molecule has 0 spiro atoms. The third-order valence-corrected chi connectivity index (χ3v) is 5.43. The second-order valence-corrected chi connectivity index (χ2v) is 6.93. The second-order valence-electron chi connectivity index (χ2n) is 5.56. The highest BCUT2D eigenvalue weighted by atomic mass is 32.2. The predicted molar refractivity (Wildman–Crippen MR) is 81.5 cm³/mol. The van der Waals surface area contributed by atoms with Crippen molar-refractivity contribution < 1.29 is 0 Å². The Labute approximate surface area is 121 Å². The maximum atomic E-state index is 4.86. The molecule has 0 amide bonds. The molecular formula is C16H23N2S. The van der Waals surface area contributed by atoms with Gasteiger partial charge in [0.25, 0.3) is 0 Å². The zero-order valence-corrected chi connectivity index (χ0v) is 12.3. The number of nitrogens with zero attached hydrogens (tertiary/aromatic N) is 2. The number of likely N-dealkylation sites (tertiary alicyclic amines) is 1. The van der Waals surface area contributed by atoms with E-state index < -0.39 is 0 Å². The number of hydrogen-bond acceptors (Lipinski definition) is 2. The van der Waals surface area contributed by atoms with E-state index >= 15 is 0 Å². The number of hydrogen-bond donors (Lipinski definition) is 0. The van der Waals surface area contributed by atoms with E-state index in [1.165, 1.54) is 50.1 Å². The van der Waals surface area contributed by atoms with E-state index in [9.17, 15) is 0 Å². The van der Waals surface area contributed by atoms with Crippen molar-refractivity contribution in [3.8, 4) is 0 Å². The fourth-order valence-corrected chi connectivity index (χ4v) is 4.27. The van der Waals surface area contributed by atoms with Crippen LogP contribution in [0, 0.1) is 0 Å². The van der Waals surface area contributed by atoms with Gasteiger partial charge < -0.3 is 0 Å². The molecule has 2 nitrogen and oxygen atoms in total. The van der Waals surface area contributed by atoms with Gasteiger partial charge in [-0.25, -0.2) is 5.32 Å². The molecule has 2 aliphatic rings. The van der Waals surface area contributed by atoms with Crippen molar-refractivity contribution in [2.45, 2.75) is 48.4 Å². The number of benzene rings is 1. The van der Waals surface area contributed by atoms with Crippen LogP contribution in [0.2, 0.25) is 0 Å².